The van der Waals surface area contributed by atoms with Gasteiger partial charge in [-0.05, 0) is 17.7 Å². The molecule has 11 heavy (non-hydrogen) atoms. The molecule has 0 fully saturated rings. The highest BCUT2D eigenvalue weighted by Crippen LogP contribution is 2.01. The summed E-state index contributed by atoms with van der Waals surface area (Å²) in [5, 5.41) is 0. The lowest BCUT2D eigenvalue weighted by molar-refractivity contribution is -0.366. The van der Waals surface area contributed by atoms with Crippen LogP contribution >= 0.6 is 0 Å². The van der Waals surface area contributed by atoms with Gasteiger partial charge in [0.05, 0.1) is 6.54 Å². The molecule has 3 heteroatoms. The fraction of sp³-hybridized carbons (Fsp3) is 0.250. The Hall–Kier alpha value is -0.160. The zero-order valence-corrected chi connectivity index (χ0v) is 8.34. The molecule has 0 heterocycles. The van der Waals surface area contributed by atoms with Gasteiger partial charge in [-0.3, -0.25) is 0 Å². The number of quaternary nitrogens is 1. The van der Waals surface area contributed by atoms with Gasteiger partial charge in [0.25, 0.3) is 0 Å². The molecule has 0 aliphatic rings. The highest BCUT2D eigenvalue weighted by Gasteiger charge is 1.91. The van der Waals surface area contributed by atoms with Gasteiger partial charge in [0.15, 0.2) is 0 Å². The van der Waals surface area contributed by atoms with Crippen LogP contribution in [0.5, 0.6) is 0 Å². The van der Waals surface area contributed by atoms with E-state index in [2.05, 4.69) is 5.73 Å². The van der Waals surface area contributed by atoms with Crippen molar-refractivity contribution in [3.05, 3.63) is 35.6 Å². The Bertz CT molecular complexity index is 198. The number of benzene rings is 1. The predicted octanol–water partition coefficient (Wildman–Crippen LogP) is -2.39. The first-order valence-electron chi connectivity index (χ1n) is 3.36. The zero-order chi connectivity index (χ0) is 7.40. The molecule has 0 aliphatic heterocycles. The normalized spacial score (nSPS) is 8.91. The molecule has 0 atom stereocenters. The summed E-state index contributed by atoms with van der Waals surface area (Å²) in [5.74, 6) is -0.173. The second-order valence-electron chi connectivity index (χ2n) is 2.23. The highest BCUT2D eigenvalue weighted by molar-refractivity contribution is 5.15. The molecule has 0 radical (unpaired) electrons. The smallest absolute Gasteiger partial charge is 0.123 e. The minimum Gasteiger partial charge on any atom is -1.00 e. The zero-order valence-electron chi connectivity index (χ0n) is 6.19. The molecule has 3 N–H and O–H groups in total. The van der Waals surface area contributed by atoms with Crippen LogP contribution in [0.15, 0.2) is 24.3 Å². The number of rotatable bonds is 2. The van der Waals surface area contributed by atoms with Gasteiger partial charge in [0.1, 0.15) is 5.82 Å². The Kier molecular flexibility index (Phi) is 5.41. The summed E-state index contributed by atoms with van der Waals surface area (Å²) in [7, 11) is 0. The van der Waals surface area contributed by atoms with E-state index >= 15 is 0 Å². The van der Waals surface area contributed by atoms with Crippen LogP contribution in [0.25, 0.3) is 0 Å². The van der Waals surface area contributed by atoms with E-state index in [1.165, 1.54) is 12.1 Å². The van der Waals surface area contributed by atoms with Gasteiger partial charge < -0.3 is 29.7 Å². The van der Waals surface area contributed by atoms with Crippen LogP contribution in [-0.2, 0) is 6.42 Å². The highest BCUT2D eigenvalue weighted by atomic mass is 127. The predicted molar refractivity (Wildman–Crippen MR) is 37.9 cm³/mol. The van der Waals surface area contributed by atoms with E-state index in [0.29, 0.717) is 0 Å². The van der Waals surface area contributed by atoms with Crippen LogP contribution in [0.1, 0.15) is 5.56 Å². The molecule has 0 unspecified atom stereocenters. The van der Waals surface area contributed by atoms with Crippen LogP contribution < -0.4 is 29.7 Å². The van der Waals surface area contributed by atoms with Gasteiger partial charge in [0.2, 0.25) is 0 Å². The Morgan fingerprint density at radius 3 is 2.18 bits per heavy atom. The maximum absolute atomic E-state index is 12.3. The maximum Gasteiger partial charge on any atom is 0.123 e. The molecule has 1 rings (SSSR count). The summed E-state index contributed by atoms with van der Waals surface area (Å²) in [6, 6.07) is 6.54. The molecular weight excluding hydrogens is 256 g/mol. The summed E-state index contributed by atoms with van der Waals surface area (Å²) in [5.41, 5.74) is 4.86. The third kappa shape index (κ3) is 3.67. The largest absolute Gasteiger partial charge is 1.00 e. The lowest BCUT2D eigenvalue weighted by Crippen LogP contribution is -3.00. The molecule has 0 spiro atoms. The number of hydrogen-bond acceptors (Lipinski definition) is 0. The lowest BCUT2D eigenvalue weighted by Gasteiger charge is -1.94. The van der Waals surface area contributed by atoms with E-state index in [-0.39, 0.29) is 29.8 Å². The van der Waals surface area contributed by atoms with Crippen LogP contribution in [-0.4, -0.2) is 6.54 Å². The van der Waals surface area contributed by atoms with Gasteiger partial charge in [0, 0.05) is 6.42 Å². The quantitative estimate of drug-likeness (QED) is 0.579. The molecule has 0 bridgehead atoms. The minimum absolute atomic E-state index is 0. The maximum atomic E-state index is 12.3. The van der Waals surface area contributed by atoms with E-state index < -0.39 is 0 Å². The standard InChI is InChI=1S/C8H10FN.HI/c9-8-3-1-7(2-4-8)5-6-10;/h1-4H,5-6,10H2;1H. The molecule has 1 nitrogen and oxygen atoms in total. The van der Waals surface area contributed by atoms with Gasteiger partial charge in [-0.25, -0.2) is 4.39 Å². The third-order valence-electron chi connectivity index (χ3n) is 1.38. The van der Waals surface area contributed by atoms with Crippen molar-refractivity contribution >= 4 is 0 Å². The van der Waals surface area contributed by atoms with Crippen molar-refractivity contribution in [3.63, 3.8) is 0 Å². The van der Waals surface area contributed by atoms with Crippen LogP contribution in [0.2, 0.25) is 0 Å². The molecule has 1 aromatic carbocycles. The summed E-state index contributed by atoms with van der Waals surface area (Å²) < 4.78 is 12.3. The summed E-state index contributed by atoms with van der Waals surface area (Å²) >= 11 is 0. The topological polar surface area (TPSA) is 27.6 Å². The van der Waals surface area contributed by atoms with Crippen LogP contribution in [0, 0.1) is 5.82 Å². The van der Waals surface area contributed by atoms with E-state index in [1.807, 2.05) is 0 Å². The second kappa shape index (κ2) is 5.49. The Morgan fingerprint density at radius 1 is 1.18 bits per heavy atom. The van der Waals surface area contributed by atoms with Gasteiger partial charge in [-0.15, -0.1) is 0 Å². The second-order valence-corrected chi connectivity index (χ2v) is 2.23. The van der Waals surface area contributed by atoms with Crippen molar-refractivity contribution in [2.75, 3.05) is 6.54 Å². The molecule has 0 aromatic heterocycles. The fourth-order valence-electron chi connectivity index (χ4n) is 0.855. The molecular formula is C8H11FIN. The Morgan fingerprint density at radius 2 is 1.73 bits per heavy atom. The van der Waals surface area contributed by atoms with E-state index in [9.17, 15) is 4.39 Å². The minimum atomic E-state index is -0.173. The Labute approximate surface area is 82.8 Å². The molecule has 0 saturated heterocycles. The Balaban J connectivity index is 0.000001000. The SMILES string of the molecule is [I-].[NH3+]CCc1ccc(F)cc1. The first kappa shape index (κ1) is 10.8. The van der Waals surface area contributed by atoms with E-state index in [1.54, 1.807) is 12.1 Å². The molecule has 0 aliphatic carbocycles. The van der Waals surface area contributed by atoms with Crippen molar-refractivity contribution in [1.29, 1.82) is 0 Å². The van der Waals surface area contributed by atoms with Crippen LogP contribution in [0.4, 0.5) is 4.39 Å². The molecule has 1 aromatic rings. The first-order chi connectivity index (χ1) is 4.83. The van der Waals surface area contributed by atoms with E-state index in [4.69, 9.17) is 0 Å². The molecule has 0 saturated carbocycles. The summed E-state index contributed by atoms with van der Waals surface area (Å²) in [6.07, 6.45) is 0.931. The van der Waals surface area contributed by atoms with Crippen molar-refractivity contribution in [2.45, 2.75) is 6.42 Å². The van der Waals surface area contributed by atoms with Gasteiger partial charge in [-0.1, -0.05) is 12.1 Å². The molecule has 0 amide bonds. The molecule has 62 valence electrons. The van der Waals surface area contributed by atoms with Gasteiger partial charge in [-0.2, -0.15) is 0 Å². The lowest BCUT2D eigenvalue weighted by atomic mass is 10.1. The first-order valence-corrected chi connectivity index (χ1v) is 3.36. The third-order valence-corrected chi connectivity index (χ3v) is 1.38. The number of halogens is 2. The fourth-order valence-corrected chi connectivity index (χ4v) is 0.855. The van der Waals surface area contributed by atoms with Crippen LogP contribution in [0.3, 0.4) is 0 Å². The summed E-state index contributed by atoms with van der Waals surface area (Å²) in [6.45, 7) is 0.867. The van der Waals surface area contributed by atoms with Crippen molar-refractivity contribution < 1.29 is 34.1 Å². The van der Waals surface area contributed by atoms with Crippen molar-refractivity contribution in [3.8, 4) is 0 Å². The van der Waals surface area contributed by atoms with Crippen molar-refractivity contribution in [2.24, 2.45) is 0 Å². The van der Waals surface area contributed by atoms with Gasteiger partial charge >= 0.3 is 0 Å². The monoisotopic (exact) mass is 267 g/mol. The average Bonchev–Trinajstić information content (AvgIpc) is 1.95. The van der Waals surface area contributed by atoms with E-state index in [0.717, 1.165) is 18.5 Å². The average molecular weight is 267 g/mol. The summed E-state index contributed by atoms with van der Waals surface area (Å²) in [4.78, 5) is 0. The van der Waals surface area contributed by atoms with Crippen molar-refractivity contribution in [1.82, 2.24) is 0 Å². The number of hydrogen-bond donors (Lipinski definition) is 1.